The summed E-state index contributed by atoms with van der Waals surface area (Å²) in [5.74, 6) is -0.638. The summed E-state index contributed by atoms with van der Waals surface area (Å²) in [5.41, 5.74) is 2.19. The van der Waals surface area contributed by atoms with Crippen LogP contribution in [0.3, 0.4) is 0 Å². The van der Waals surface area contributed by atoms with E-state index in [1.54, 1.807) is 17.0 Å². The minimum Gasteiger partial charge on any atom is -0.304 e. The summed E-state index contributed by atoms with van der Waals surface area (Å²) < 4.78 is 13.7. The van der Waals surface area contributed by atoms with E-state index >= 15 is 0 Å². The van der Waals surface area contributed by atoms with Gasteiger partial charge in [-0.15, -0.1) is 23.7 Å². The number of rotatable bonds is 9. The number of benzene rings is 2. The fraction of sp³-hybridized carbons (Fsp3) is 0.304. The first-order valence-electron chi connectivity index (χ1n) is 9.93. The number of aromatic nitrogens is 1. The van der Waals surface area contributed by atoms with Gasteiger partial charge in [0.1, 0.15) is 5.82 Å². The third kappa shape index (κ3) is 6.11. The number of halogens is 2. The second kappa shape index (κ2) is 11.8. The van der Waals surface area contributed by atoms with Crippen LogP contribution in [0.25, 0.3) is 11.3 Å². The van der Waals surface area contributed by atoms with Crippen LogP contribution in [-0.4, -0.2) is 42.0 Å². The van der Waals surface area contributed by atoms with E-state index in [4.69, 9.17) is 4.98 Å². The Balaban J connectivity index is 0.00000320. The number of nitrogens with zero attached hydrogens (tertiary/aromatic N) is 3. The summed E-state index contributed by atoms with van der Waals surface area (Å²) in [5, 5.41) is 2.60. The molecule has 0 aliphatic heterocycles. The van der Waals surface area contributed by atoms with E-state index in [0.717, 1.165) is 37.3 Å². The molecule has 0 saturated carbocycles. The molecular formula is C23H27ClFN3OS. The van der Waals surface area contributed by atoms with Gasteiger partial charge in [-0.3, -0.25) is 9.69 Å². The van der Waals surface area contributed by atoms with E-state index in [1.807, 2.05) is 35.7 Å². The number of hydrogen-bond donors (Lipinski definition) is 0. The lowest BCUT2D eigenvalue weighted by molar-refractivity contribution is 0.0985. The molecule has 160 valence electrons. The zero-order chi connectivity index (χ0) is 20.6. The van der Waals surface area contributed by atoms with Gasteiger partial charge in [0, 0.05) is 23.1 Å². The molecule has 0 unspecified atom stereocenters. The van der Waals surface area contributed by atoms with Crippen LogP contribution < -0.4 is 4.90 Å². The van der Waals surface area contributed by atoms with Crippen molar-refractivity contribution in [1.29, 1.82) is 0 Å². The van der Waals surface area contributed by atoms with Crippen molar-refractivity contribution >= 4 is 34.8 Å². The van der Waals surface area contributed by atoms with Gasteiger partial charge in [0.15, 0.2) is 5.13 Å². The van der Waals surface area contributed by atoms with Gasteiger partial charge in [0.2, 0.25) is 0 Å². The monoisotopic (exact) mass is 447 g/mol. The van der Waals surface area contributed by atoms with Crippen LogP contribution in [0.2, 0.25) is 0 Å². The molecule has 3 aromatic rings. The van der Waals surface area contributed by atoms with E-state index in [9.17, 15) is 9.18 Å². The topological polar surface area (TPSA) is 36.4 Å². The summed E-state index contributed by atoms with van der Waals surface area (Å²) in [6, 6.07) is 15.7. The van der Waals surface area contributed by atoms with Gasteiger partial charge >= 0.3 is 0 Å². The van der Waals surface area contributed by atoms with Crippen LogP contribution in [0, 0.1) is 5.82 Å². The van der Waals surface area contributed by atoms with Crippen molar-refractivity contribution in [2.24, 2.45) is 0 Å². The van der Waals surface area contributed by atoms with Crippen molar-refractivity contribution in [3.8, 4) is 11.3 Å². The molecule has 0 aliphatic rings. The van der Waals surface area contributed by atoms with E-state index in [2.05, 4.69) is 18.7 Å². The average molecular weight is 448 g/mol. The van der Waals surface area contributed by atoms with Crippen molar-refractivity contribution < 1.29 is 9.18 Å². The number of anilines is 1. The molecule has 1 heterocycles. The molecular weight excluding hydrogens is 421 g/mol. The predicted octanol–water partition coefficient (Wildman–Crippen LogP) is 5.75. The van der Waals surface area contributed by atoms with Gasteiger partial charge < -0.3 is 4.90 Å². The molecule has 0 fully saturated rings. The smallest absolute Gasteiger partial charge is 0.260 e. The molecule has 0 aliphatic carbocycles. The molecule has 0 atom stereocenters. The van der Waals surface area contributed by atoms with E-state index in [-0.39, 0.29) is 18.3 Å². The fourth-order valence-electron chi connectivity index (χ4n) is 3.18. The lowest BCUT2D eigenvalue weighted by atomic mass is 10.2. The highest BCUT2D eigenvalue weighted by molar-refractivity contribution is 7.14. The zero-order valence-corrected chi connectivity index (χ0v) is 18.9. The van der Waals surface area contributed by atoms with Gasteiger partial charge in [-0.05, 0) is 44.3 Å². The Morgan fingerprint density at radius 1 is 1.03 bits per heavy atom. The lowest BCUT2D eigenvalue weighted by Crippen LogP contribution is -2.34. The van der Waals surface area contributed by atoms with Gasteiger partial charge in [-0.1, -0.05) is 50.2 Å². The van der Waals surface area contributed by atoms with Gasteiger partial charge in [-0.25, -0.2) is 9.37 Å². The van der Waals surface area contributed by atoms with Gasteiger partial charge in [0.25, 0.3) is 5.91 Å². The molecule has 30 heavy (non-hydrogen) atoms. The van der Waals surface area contributed by atoms with E-state index < -0.39 is 5.82 Å². The van der Waals surface area contributed by atoms with Crippen LogP contribution in [0.15, 0.2) is 60.0 Å². The Morgan fingerprint density at radius 2 is 1.77 bits per heavy atom. The molecule has 0 saturated heterocycles. The Bertz CT molecular complexity index is 931. The summed E-state index contributed by atoms with van der Waals surface area (Å²) in [6.07, 6.45) is 0.822. The van der Waals surface area contributed by atoms with Crippen molar-refractivity contribution in [2.45, 2.75) is 20.3 Å². The highest BCUT2D eigenvalue weighted by atomic mass is 35.5. The largest absolute Gasteiger partial charge is 0.304 e. The first-order valence-corrected chi connectivity index (χ1v) is 10.8. The summed E-state index contributed by atoms with van der Waals surface area (Å²) in [6.45, 7) is 7.65. The first-order chi connectivity index (χ1) is 14.1. The molecule has 2 aromatic carbocycles. The average Bonchev–Trinajstić information content (AvgIpc) is 3.24. The van der Waals surface area contributed by atoms with Crippen LogP contribution in [0.5, 0.6) is 0 Å². The number of amides is 1. The number of carbonyl (C=O) groups is 1. The number of hydrogen-bond acceptors (Lipinski definition) is 4. The Labute approximate surface area is 187 Å². The molecule has 4 nitrogen and oxygen atoms in total. The Hall–Kier alpha value is -2.28. The minimum absolute atomic E-state index is 0. The molecule has 1 aromatic heterocycles. The van der Waals surface area contributed by atoms with Crippen LogP contribution in [0.4, 0.5) is 9.52 Å². The van der Waals surface area contributed by atoms with Crippen LogP contribution in [0.1, 0.15) is 30.6 Å². The number of carbonyl (C=O) groups excluding carboxylic acids is 1. The van der Waals surface area contributed by atoms with Crippen molar-refractivity contribution in [3.05, 3.63) is 71.4 Å². The van der Waals surface area contributed by atoms with Crippen molar-refractivity contribution in [1.82, 2.24) is 9.88 Å². The maximum atomic E-state index is 13.7. The first kappa shape index (κ1) is 24.0. The highest BCUT2D eigenvalue weighted by Crippen LogP contribution is 2.28. The normalized spacial score (nSPS) is 10.7. The lowest BCUT2D eigenvalue weighted by Gasteiger charge is -2.23. The van der Waals surface area contributed by atoms with E-state index in [0.29, 0.717) is 17.2 Å². The minimum atomic E-state index is -0.414. The maximum absolute atomic E-state index is 13.7. The summed E-state index contributed by atoms with van der Waals surface area (Å²) in [7, 11) is 0. The van der Waals surface area contributed by atoms with Gasteiger partial charge in [-0.2, -0.15) is 0 Å². The molecule has 0 spiro atoms. The van der Waals surface area contributed by atoms with Gasteiger partial charge in [0.05, 0.1) is 5.69 Å². The quantitative estimate of drug-likeness (QED) is 0.419. The van der Waals surface area contributed by atoms with Crippen molar-refractivity contribution in [3.63, 3.8) is 0 Å². The third-order valence-corrected chi connectivity index (χ3v) is 5.72. The molecule has 0 bridgehead atoms. The summed E-state index contributed by atoms with van der Waals surface area (Å²) in [4.78, 5) is 21.9. The second-order valence-corrected chi connectivity index (χ2v) is 7.57. The highest BCUT2D eigenvalue weighted by Gasteiger charge is 2.21. The molecule has 7 heteroatoms. The summed E-state index contributed by atoms with van der Waals surface area (Å²) >= 11 is 1.44. The number of thiazole rings is 1. The van der Waals surface area contributed by atoms with Crippen molar-refractivity contribution in [2.75, 3.05) is 31.1 Å². The molecule has 3 rings (SSSR count). The van der Waals surface area contributed by atoms with Crippen LogP contribution in [-0.2, 0) is 0 Å². The third-order valence-electron chi connectivity index (χ3n) is 4.86. The standard InChI is InChI=1S/C23H26FN3OS.ClH/c1-3-26(4-2)14-9-15-27(22(28)19-12-8-13-20(24)16-19)23-25-21(17-29-23)18-10-6-5-7-11-18;/h5-8,10-13,16-17H,3-4,9,14-15H2,1-2H3;1H. The SMILES string of the molecule is CCN(CC)CCCN(C(=O)c1cccc(F)c1)c1nc(-c2ccccc2)cs1.Cl. The predicted molar refractivity (Wildman–Crippen MR) is 125 cm³/mol. The second-order valence-electron chi connectivity index (χ2n) is 6.73. The molecule has 0 N–H and O–H groups in total. The van der Waals surface area contributed by atoms with Crippen LogP contribution >= 0.6 is 23.7 Å². The zero-order valence-electron chi connectivity index (χ0n) is 17.3. The Kier molecular flexibility index (Phi) is 9.43. The fourth-order valence-corrected chi connectivity index (χ4v) is 4.04. The van der Waals surface area contributed by atoms with E-state index in [1.165, 1.54) is 23.5 Å². The molecule has 1 amide bonds. The maximum Gasteiger partial charge on any atom is 0.260 e. The Morgan fingerprint density at radius 3 is 2.43 bits per heavy atom. The molecule has 0 radical (unpaired) electrons.